The second kappa shape index (κ2) is 7.37. The van der Waals surface area contributed by atoms with Crippen LogP contribution < -0.4 is 11.3 Å². The molecule has 0 spiro atoms. The molecule has 1 unspecified atom stereocenters. The van der Waals surface area contributed by atoms with Crippen molar-refractivity contribution in [3.63, 3.8) is 0 Å². The summed E-state index contributed by atoms with van der Waals surface area (Å²) in [6.07, 6.45) is 1.75. The SMILES string of the molecule is COCCn1nccc1C(NN)c1ccc(I)c(Cl)c1. The summed E-state index contributed by atoms with van der Waals surface area (Å²) in [5.41, 5.74) is 4.79. The van der Waals surface area contributed by atoms with Gasteiger partial charge in [0.15, 0.2) is 0 Å². The molecule has 108 valence electrons. The normalized spacial score (nSPS) is 12.6. The smallest absolute Gasteiger partial charge is 0.0878 e. The third kappa shape index (κ3) is 3.50. The van der Waals surface area contributed by atoms with Crippen LogP contribution in [0.5, 0.6) is 0 Å². The van der Waals surface area contributed by atoms with E-state index in [1.807, 2.05) is 28.9 Å². The first-order valence-electron chi connectivity index (χ1n) is 6.09. The molecule has 3 N–H and O–H groups in total. The van der Waals surface area contributed by atoms with E-state index in [2.05, 4.69) is 33.1 Å². The predicted octanol–water partition coefficient (Wildman–Crippen LogP) is 2.34. The molecule has 5 nitrogen and oxygen atoms in total. The van der Waals surface area contributed by atoms with Gasteiger partial charge in [0.05, 0.1) is 29.9 Å². The Morgan fingerprint density at radius 2 is 2.30 bits per heavy atom. The Labute approximate surface area is 136 Å². The van der Waals surface area contributed by atoms with E-state index in [0.717, 1.165) is 14.8 Å². The van der Waals surface area contributed by atoms with Gasteiger partial charge in [0, 0.05) is 16.9 Å². The average molecular weight is 407 g/mol. The molecule has 20 heavy (non-hydrogen) atoms. The summed E-state index contributed by atoms with van der Waals surface area (Å²) in [6, 6.07) is 7.67. The van der Waals surface area contributed by atoms with Crippen LogP contribution >= 0.6 is 34.2 Å². The molecular weight excluding hydrogens is 391 g/mol. The molecule has 7 heteroatoms. The molecule has 2 rings (SSSR count). The van der Waals surface area contributed by atoms with Gasteiger partial charge in [-0.1, -0.05) is 17.7 Å². The van der Waals surface area contributed by atoms with Crippen LogP contribution in [0.15, 0.2) is 30.5 Å². The molecular formula is C13H16ClIN4O. The monoisotopic (exact) mass is 406 g/mol. The lowest BCUT2D eigenvalue weighted by atomic mass is 10.0. The molecule has 0 bridgehead atoms. The largest absolute Gasteiger partial charge is 0.383 e. The Balaban J connectivity index is 2.32. The molecule has 0 aliphatic carbocycles. The van der Waals surface area contributed by atoms with Crippen molar-refractivity contribution in [3.8, 4) is 0 Å². The van der Waals surface area contributed by atoms with Crippen LogP contribution in [0.4, 0.5) is 0 Å². The van der Waals surface area contributed by atoms with E-state index in [1.54, 1.807) is 13.3 Å². The maximum absolute atomic E-state index is 6.18. The number of nitrogens with two attached hydrogens (primary N) is 1. The van der Waals surface area contributed by atoms with Gasteiger partial charge >= 0.3 is 0 Å². The highest BCUT2D eigenvalue weighted by atomic mass is 127. The van der Waals surface area contributed by atoms with Crippen LogP contribution in [0.3, 0.4) is 0 Å². The molecule has 0 aliphatic heterocycles. The second-order valence-electron chi connectivity index (χ2n) is 4.25. The fraction of sp³-hybridized carbons (Fsp3) is 0.308. The van der Waals surface area contributed by atoms with Crippen LogP contribution in [-0.4, -0.2) is 23.5 Å². The maximum atomic E-state index is 6.18. The lowest BCUT2D eigenvalue weighted by Gasteiger charge is -2.18. The van der Waals surface area contributed by atoms with Crippen molar-refractivity contribution in [2.45, 2.75) is 12.6 Å². The van der Waals surface area contributed by atoms with Gasteiger partial charge in [-0.3, -0.25) is 10.5 Å². The van der Waals surface area contributed by atoms with Gasteiger partial charge in [-0.05, 0) is 46.4 Å². The Morgan fingerprint density at radius 1 is 1.50 bits per heavy atom. The van der Waals surface area contributed by atoms with E-state index in [1.165, 1.54) is 0 Å². The zero-order valence-electron chi connectivity index (χ0n) is 11.0. The van der Waals surface area contributed by atoms with Crippen LogP contribution in [0.25, 0.3) is 0 Å². The predicted molar refractivity (Wildman–Crippen MR) is 87.4 cm³/mol. The Hall–Kier alpha value is -0.670. The molecule has 2 aromatic rings. The number of nitrogens with one attached hydrogen (secondary N) is 1. The summed E-state index contributed by atoms with van der Waals surface area (Å²) < 4.78 is 7.98. The number of halogens is 2. The van der Waals surface area contributed by atoms with E-state index in [0.29, 0.717) is 18.2 Å². The molecule has 0 saturated carbocycles. The second-order valence-corrected chi connectivity index (χ2v) is 5.81. The number of hydrogen-bond acceptors (Lipinski definition) is 4. The standard InChI is InChI=1S/C13H16ClIN4O/c1-20-7-6-19-12(4-5-17-19)13(18-16)9-2-3-11(15)10(14)8-9/h2-5,8,13,18H,6-7,16H2,1H3. The number of hydrogen-bond donors (Lipinski definition) is 2. The summed E-state index contributed by atoms with van der Waals surface area (Å²) in [7, 11) is 1.67. The van der Waals surface area contributed by atoms with Gasteiger partial charge in [0.1, 0.15) is 0 Å². The van der Waals surface area contributed by atoms with Crippen LogP contribution in [0.1, 0.15) is 17.3 Å². The molecule has 0 amide bonds. The van der Waals surface area contributed by atoms with Crippen molar-refractivity contribution in [1.29, 1.82) is 0 Å². The van der Waals surface area contributed by atoms with Gasteiger partial charge in [0.25, 0.3) is 0 Å². The zero-order chi connectivity index (χ0) is 14.5. The number of hydrazine groups is 1. The zero-order valence-corrected chi connectivity index (χ0v) is 13.9. The summed E-state index contributed by atoms with van der Waals surface area (Å²) >= 11 is 8.38. The van der Waals surface area contributed by atoms with Crippen molar-refractivity contribution in [2.75, 3.05) is 13.7 Å². The molecule has 1 aromatic carbocycles. The quantitative estimate of drug-likeness (QED) is 0.439. The van der Waals surface area contributed by atoms with Crippen LogP contribution in [0.2, 0.25) is 5.02 Å². The molecule has 1 atom stereocenters. The first-order chi connectivity index (χ1) is 9.67. The Kier molecular flexibility index (Phi) is 5.79. The van der Waals surface area contributed by atoms with Crippen molar-refractivity contribution in [2.24, 2.45) is 5.84 Å². The van der Waals surface area contributed by atoms with E-state index in [9.17, 15) is 0 Å². The Bertz CT molecular complexity index is 575. The van der Waals surface area contributed by atoms with Crippen LogP contribution in [0, 0.1) is 3.57 Å². The third-order valence-electron chi connectivity index (χ3n) is 3.00. The minimum Gasteiger partial charge on any atom is -0.383 e. The minimum absolute atomic E-state index is 0.163. The van der Waals surface area contributed by atoms with Crippen LogP contribution in [-0.2, 0) is 11.3 Å². The maximum Gasteiger partial charge on any atom is 0.0878 e. The topological polar surface area (TPSA) is 65.1 Å². The van der Waals surface area contributed by atoms with Gasteiger partial charge in [-0.15, -0.1) is 0 Å². The van der Waals surface area contributed by atoms with Crippen molar-refractivity contribution in [3.05, 3.63) is 50.3 Å². The molecule has 1 heterocycles. The highest BCUT2D eigenvalue weighted by Gasteiger charge is 2.17. The van der Waals surface area contributed by atoms with Gasteiger partial charge < -0.3 is 4.74 Å². The third-order valence-corrected chi connectivity index (χ3v) is 4.57. The summed E-state index contributed by atoms with van der Waals surface area (Å²) in [4.78, 5) is 0. The number of benzene rings is 1. The lowest BCUT2D eigenvalue weighted by molar-refractivity contribution is 0.182. The molecule has 1 aromatic heterocycles. The summed E-state index contributed by atoms with van der Waals surface area (Å²) in [5, 5.41) is 5.01. The fourth-order valence-electron chi connectivity index (χ4n) is 2.00. The van der Waals surface area contributed by atoms with E-state index >= 15 is 0 Å². The number of ether oxygens (including phenoxy) is 1. The molecule has 0 fully saturated rings. The number of nitrogens with zero attached hydrogens (tertiary/aromatic N) is 2. The van der Waals surface area contributed by atoms with Gasteiger partial charge in [0.2, 0.25) is 0 Å². The first-order valence-corrected chi connectivity index (χ1v) is 7.54. The highest BCUT2D eigenvalue weighted by molar-refractivity contribution is 14.1. The number of methoxy groups -OCH3 is 1. The van der Waals surface area contributed by atoms with Gasteiger partial charge in [-0.25, -0.2) is 5.43 Å². The lowest BCUT2D eigenvalue weighted by Crippen LogP contribution is -2.31. The molecule has 0 saturated heterocycles. The van der Waals surface area contributed by atoms with Crippen molar-refractivity contribution >= 4 is 34.2 Å². The summed E-state index contributed by atoms with van der Waals surface area (Å²) in [5.74, 6) is 5.71. The molecule has 0 radical (unpaired) electrons. The number of aromatic nitrogens is 2. The minimum atomic E-state index is -0.163. The van der Waals surface area contributed by atoms with Crippen molar-refractivity contribution in [1.82, 2.24) is 15.2 Å². The van der Waals surface area contributed by atoms with E-state index < -0.39 is 0 Å². The van der Waals surface area contributed by atoms with E-state index in [-0.39, 0.29) is 6.04 Å². The highest BCUT2D eigenvalue weighted by Crippen LogP contribution is 2.26. The number of rotatable bonds is 6. The van der Waals surface area contributed by atoms with E-state index in [4.69, 9.17) is 22.2 Å². The fourth-order valence-corrected chi connectivity index (χ4v) is 2.52. The van der Waals surface area contributed by atoms with Gasteiger partial charge in [-0.2, -0.15) is 5.10 Å². The first kappa shape index (κ1) is 15.7. The summed E-state index contributed by atoms with van der Waals surface area (Å²) in [6.45, 7) is 1.27. The van der Waals surface area contributed by atoms with Crippen molar-refractivity contribution < 1.29 is 4.74 Å². The average Bonchev–Trinajstić information content (AvgIpc) is 2.89. The molecule has 0 aliphatic rings. The Morgan fingerprint density at radius 3 is 2.95 bits per heavy atom.